The van der Waals surface area contributed by atoms with Gasteiger partial charge >= 0.3 is 19.8 Å². The molecular weight excluding hydrogens is 729 g/mol. The third-order valence-corrected chi connectivity index (χ3v) is 9.04. The maximum atomic E-state index is 12.6. The lowest BCUT2D eigenvalue weighted by molar-refractivity contribution is -0.161. The van der Waals surface area contributed by atoms with Gasteiger partial charge in [0, 0.05) is 19.4 Å². The number of allylic oxidation sites excluding steroid dienone is 15. The highest BCUT2D eigenvalue weighted by atomic mass is 31.2. The van der Waals surface area contributed by atoms with Gasteiger partial charge in [-0.05, 0) is 83.5 Å². The Labute approximate surface area is 339 Å². The van der Waals surface area contributed by atoms with E-state index >= 15 is 0 Å². The monoisotopic (exact) mass is 804 g/mol. The standard InChI is InChI=1S/C45H74NO9P/c1-3-5-7-9-11-13-15-17-18-19-20-22-24-26-28-30-32-36-45(49)55-43(41-54-56(50,51)53-39-38-46)40-52-44(48)37-33-35-42(47)34-31-29-27-25-23-21-16-14-12-10-8-6-4-2/h5,7,11-14,17-18,20-23,27,29,31,34,42-43,47H,3-4,6,8-10,15-16,19,24-26,28,30,32-33,35-41,46H2,1-2H3,(H,50,51)/b7-5-,13-11-,14-12-,18-17-,22-20-,23-21-,29-27-,34-31+/t42-,43-/m1/s1. The molecule has 1 unspecified atom stereocenters. The summed E-state index contributed by atoms with van der Waals surface area (Å²) in [6.07, 6.45) is 47.5. The minimum absolute atomic E-state index is 0.0176. The van der Waals surface area contributed by atoms with Crippen molar-refractivity contribution in [1.29, 1.82) is 0 Å². The fourth-order valence-electron chi connectivity index (χ4n) is 4.96. The maximum Gasteiger partial charge on any atom is 0.472 e. The molecule has 0 amide bonds. The average molecular weight is 804 g/mol. The predicted octanol–water partition coefficient (Wildman–Crippen LogP) is 10.8. The van der Waals surface area contributed by atoms with Crippen LogP contribution in [0.5, 0.6) is 0 Å². The van der Waals surface area contributed by atoms with Crippen molar-refractivity contribution >= 4 is 19.8 Å². The van der Waals surface area contributed by atoms with Gasteiger partial charge in [-0.25, -0.2) is 4.57 Å². The lowest BCUT2D eigenvalue weighted by Gasteiger charge is -2.20. The third-order valence-electron chi connectivity index (χ3n) is 8.06. The predicted molar refractivity (Wildman–Crippen MR) is 230 cm³/mol. The molecule has 0 aromatic rings. The normalized spacial score (nSPS) is 14.9. The molecule has 318 valence electrons. The van der Waals surface area contributed by atoms with E-state index in [1.54, 1.807) is 12.2 Å². The van der Waals surface area contributed by atoms with Gasteiger partial charge in [0.15, 0.2) is 6.10 Å². The van der Waals surface area contributed by atoms with Crippen LogP contribution in [0.15, 0.2) is 97.2 Å². The fraction of sp³-hybridized carbons (Fsp3) is 0.600. The van der Waals surface area contributed by atoms with Crippen LogP contribution in [0.1, 0.15) is 136 Å². The van der Waals surface area contributed by atoms with Gasteiger partial charge in [-0.15, -0.1) is 0 Å². The number of carbonyl (C=O) groups excluding carboxylic acids is 2. The number of unbranched alkanes of at least 4 members (excludes halogenated alkanes) is 7. The van der Waals surface area contributed by atoms with Crippen LogP contribution < -0.4 is 5.73 Å². The molecule has 0 aliphatic heterocycles. The number of nitrogens with two attached hydrogens (primary N) is 1. The van der Waals surface area contributed by atoms with E-state index in [-0.39, 0.29) is 32.6 Å². The van der Waals surface area contributed by atoms with Gasteiger partial charge < -0.3 is 25.2 Å². The number of aliphatic hydroxyl groups is 1. The van der Waals surface area contributed by atoms with E-state index in [0.717, 1.165) is 70.6 Å². The van der Waals surface area contributed by atoms with Gasteiger partial charge in [-0.2, -0.15) is 0 Å². The van der Waals surface area contributed by atoms with E-state index in [4.69, 9.17) is 24.3 Å². The number of hydrogen-bond donors (Lipinski definition) is 3. The fourth-order valence-corrected chi connectivity index (χ4v) is 5.73. The number of hydrogen-bond acceptors (Lipinski definition) is 9. The zero-order valence-electron chi connectivity index (χ0n) is 34.4. The van der Waals surface area contributed by atoms with Crippen LogP contribution in [-0.2, 0) is 32.7 Å². The summed E-state index contributed by atoms with van der Waals surface area (Å²) in [6, 6.07) is 0. The quantitative estimate of drug-likeness (QED) is 0.0182. The molecule has 0 radical (unpaired) electrons. The Kier molecular flexibility index (Phi) is 37.9. The molecule has 0 aromatic heterocycles. The number of aliphatic hydroxyl groups excluding tert-OH is 1. The first-order chi connectivity index (χ1) is 27.2. The summed E-state index contributed by atoms with van der Waals surface area (Å²) in [7, 11) is -4.44. The first-order valence-corrected chi connectivity index (χ1v) is 22.3. The van der Waals surface area contributed by atoms with E-state index in [1.807, 2.05) is 12.2 Å². The molecule has 56 heavy (non-hydrogen) atoms. The van der Waals surface area contributed by atoms with Gasteiger partial charge in [-0.1, -0.05) is 137 Å². The molecule has 4 N–H and O–H groups in total. The topological polar surface area (TPSA) is 155 Å². The molecule has 0 saturated heterocycles. The van der Waals surface area contributed by atoms with Crippen molar-refractivity contribution in [3.63, 3.8) is 0 Å². The highest BCUT2D eigenvalue weighted by Crippen LogP contribution is 2.43. The molecule has 0 aliphatic rings. The molecule has 11 heteroatoms. The second-order valence-electron chi connectivity index (χ2n) is 13.3. The van der Waals surface area contributed by atoms with Crippen molar-refractivity contribution in [2.45, 2.75) is 148 Å². The van der Waals surface area contributed by atoms with Crippen LogP contribution in [-0.4, -0.2) is 60.5 Å². The second-order valence-corrected chi connectivity index (χ2v) is 14.8. The Bertz CT molecular complexity index is 1250. The molecule has 0 rings (SSSR count). The van der Waals surface area contributed by atoms with Gasteiger partial charge in [0.25, 0.3) is 0 Å². The van der Waals surface area contributed by atoms with Crippen LogP contribution in [0, 0.1) is 0 Å². The Morgan fingerprint density at radius 1 is 0.643 bits per heavy atom. The molecule has 3 atom stereocenters. The van der Waals surface area contributed by atoms with Crippen LogP contribution in [0.25, 0.3) is 0 Å². The van der Waals surface area contributed by atoms with Crippen molar-refractivity contribution < 1.29 is 42.7 Å². The summed E-state index contributed by atoms with van der Waals surface area (Å²) in [5, 5.41) is 10.2. The first kappa shape index (κ1) is 52.9. The Morgan fingerprint density at radius 3 is 1.80 bits per heavy atom. The number of carbonyl (C=O) groups is 2. The lowest BCUT2D eigenvalue weighted by atomic mass is 10.1. The summed E-state index contributed by atoms with van der Waals surface area (Å²) < 4.78 is 32.6. The Hall–Kier alpha value is -3.11. The number of phosphoric ester groups is 1. The smallest absolute Gasteiger partial charge is 0.462 e. The van der Waals surface area contributed by atoms with Crippen molar-refractivity contribution in [3.05, 3.63) is 97.2 Å². The zero-order chi connectivity index (χ0) is 41.2. The molecule has 0 heterocycles. The SMILES string of the molecule is CC/C=C\C/C=C\C/C=C\C/C=C\CCCCCCC(=O)O[C@H](COC(=O)CCC[C@H](O)/C=C/C=C\C/C=C\C/C=C\CCCCC)COP(=O)(O)OCCN. The van der Waals surface area contributed by atoms with Crippen molar-refractivity contribution in [2.24, 2.45) is 5.73 Å². The minimum Gasteiger partial charge on any atom is -0.462 e. The van der Waals surface area contributed by atoms with E-state index in [9.17, 15) is 24.2 Å². The highest BCUT2D eigenvalue weighted by Gasteiger charge is 2.26. The van der Waals surface area contributed by atoms with Crippen molar-refractivity contribution in [1.82, 2.24) is 0 Å². The molecule has 0 saturated carbocycles. The summed E-state index contributed by atoms with van der Waals surface area (Å²) in [5.41, 5.74) is 5.33. The lowest BCUT2D eigenvalue weighted by Crippen LogP contribution is -2.29. The Balaban J connectivity index is 4.44. The number of rotatable bonds is 37. The third kappa shape index (κ3) is 39.1. The molecule has 0 bridgehead atoms. The van der Waals surface area contributed by atoms with E-state index in [1.165, 1.54) is 19.3 Å². The summed E-state index contributed by atoms with van der Waals surface area (Å²) in [6.45, 7) is 3.30. The van der Waals surface area contributed by atoms with E-state index < -0.39 is 38.6 Å². The van der Waals surface area contributed by atoms with Gasteiger partial charge in [0.2, 0.25) is 0 Å². The van der Waals surface area contributed by atoms with Gasteiger partial charge in [0.05, 0.1) is 19.3 Å². The molecule has 0 spiro atoms. The highest BCUT2D eigenvalue weighted by molar-refractivity contribution is 7.47. The van der Waals surface area contributed by atoms with Gasteiger partial charge in [-0.3, -0.25) is 18.6 Å². The van der Waals surface area contributed by atoms with Crippen LogP contribution in [0.2, 0.25) is 0 Å². The molecule has 10 nitrogen and oxygen atoms in total. The minimum atomic E-state index is -4.44. The van der Waals surface area contributed by atoms with Crippen LogP contribution in [0.4, 0.5) is 0 Å². The maximum absolute atomic E-state index is 12.6. The van der Waals surface area contributed by atoms with Gasteiger partial charge in [0.1, 0.15) is 6.61 Å². The van der Waals surface area contributed by atoms with Crippen LogP contribution >= 0.6 is 7.82 Å². The first-order valence-electron chi connectivity index (χ1n) is 20.8. The van der Waals surface area contributed by atoms with Crippen LogP contribution in [0.3, 0.4) is 0 Å². The van der Waals surface area contributed by atoms with Crippen molar-refractivity contribution in [3.8, 4) is 0 Å². The number of ether oxygens (including phenoxy) is 2. The second kappa shape index (κ2) is 40.1. The molecule has 0 aromatic carbocycles. The Morgan fingerprint density at radius 2 is 1.20 bits per heavy atom. The van der Waals surface area contributed by atoms with E-state index in [0.29, 0.717) is 19.3 Å². The van der Waals surface area contributed by atoms with E-state index in [2.05, 4.69) is 86.8 Å². The molecular formula is C45H74NO9P. The largest absolute Gasteiger partial charge is 0.472 e. The van der Waals surface area contributed by atoms with Crippen molar-refractivity contribution in [2.75, 3.05) is 26.4 Å². The average Bonchev–Trinajstić information content (AvgIpc) is 3.18. The number of esters is 2. The molecule has 0 fully saturated rings. The summed E-state index contributed by atoms with van der Waals surface area (Å²) in [5.74, 6) is -1.07. The molecule has 0 aliphatic carbocycles. The summed E-state index contributed by atoms with van der Waals surface area (Å²) >= 11 is 0. The number of phosphoric acid groups is 1. The zero-order valence-corrected chi connectivity index (χ0v) is 35.3. The summed E-state index contributed by atoms with van der Waals surface area (Å²) in [4.78, 5) is 34.8.